The lowest BCUT2D eigenvalue weighted by Crippen LogP contribution is -2.53. The number of ether oxygens (including phenoxy) is 1. The van der Waals surface area contributed by atoms with Crippen molar-refractivity contribution in [2.45, 2.75) is 52.1 Å². The Morgan fingerprint density at radius 1 is 1.21 bits per heavy atom. The summed E-state index contributed by atoms with van der Waals surface area (Å²) in [4.78, 5) is 24.8. The van der Waals surface area contributed by atoms with Crippen LogP contribution in [0, 0.1) is 11.3 Å². The number of piperidine rings is 1. The summed E-state index contributed by atoms with van der Waals surface area (Å²) in [5.74, 6) is -0.898. The lowest BCUT2D eigenvalue weighted by Gasteiger charge is -2.51. The van der Waals surface area contributed by atoms with Crippen LogP contribution in [0.2, 0.25) is 0 Å². The molecule has 1 saturated heterocycles. The molecule has 0 bridgehead atoms. The number of hydrogen-bond acceptors (Lipinski definition) is 3. The third-order valence-corrected chi connectivity index (χ3v) is 4.38. The topological polar surface area (TPSA) is 66.8 Å². The molecule has 1 amide bonds. The van der Waals surface area contributed by atoms with E-state index in [9.17, 15) is 14.7 Å². The zero-order chi connectivity index (χ0) is 14.3. The maximum atomic E-state index is 11.9. The third-order valence-electron chi connectivity index (χ3n) is 4.38. The van der Waals surface area contributed by atoms with Crippen LogP contribution in [0.4, 0.5) is 4.79 Å². The Balaban J connectivity index is 1.89. The number of carbonyl (C=O) groups excluding carboxylic acids is 1. The highest BCUT2D eigenvalue weighted by Crippen LogP contribution is 2.53. The summed E-state index contributed by atoms with van der Waals surface area (Å²) in [6.45, 7) is 6.77. The summed E-state index contributed by atoms with van der Waals surface area (Å²) < 4.78 is 5.34. The fourth-order valence-corrected chi connectivity index (χ4v) is 3.14. The highest BCUT2D eigenvalue weighted by molar-refractivity contribution is 5.73. The second kappa shape index (κ2) is 4.69. The van der Waals surface area contributed by atoms with Gasteiger partial charge in [-0.05, 0) is 51.9 Å². The summed E-state index contributed by atoms with van der Waals surface area (Å²) in [5, 5.41) is 9.17. The van der Waals surface area contributed by atoms with E-state index < -0.39 is 11.6 Å². The minimum atomic E-state index is -0.683. The third kappa shape index (κ3) is 2.85. The number of carboxylic acids is 1. The Labute approximate surface area is 113 Å². The average molecular weight is 269 g/mol. The van der Waals surface area contributed by atoms with E-state index >= 15 is 0 Å². The van der Waals surface area contributed by atoms with E-state index in [4.69, 9.17) is 4.74 Å². The number of likely N-dealkylation sites (tertiary alicyclic amines) is 1. The first kappa shape index (κ1) is 14.2. The van der Waals surface area contributed by atoms with Crippen molar-refractivity contribution in [3.05, 3.63) is 0 Å². The van der Waals surface area contributed by atoms with Crippen molar-refractivity contribution >= 4 is 12.1 Å². The molecular weight excluding hydrogens is 246 g/mol. The van der Waals surface area contributed by atoms with Gasteiger partial charge in [-0.15, -0.1) is 0 Å². The van der Waals surface area contributed by atoms with Crippen LogP contribution >= 0.6 is 0 Å². The lowest BCUT2D eigenvalue weighted by molar-refractivity contribution is -0.157. The number of amides is 1. The van der Waals surface area contributed by atoms with Crippen LogP contribution in [-0.2, 0) is 9.53 Å². The van der Waals surface area contributed by atoms with Crippen LogP contribution in [0.3, 0.4) is 0 Å². The number of nitrogens with zero attached hydrogens (tertiary/aromatic N) is 1. The van der Waals surface area contributed by atoms with Crippen LogP contribution < -0.4 is 0 Å². The van der Waals surface area contributed by atoms with E-state index in [1.807, 2.05) is 20.8 Å². The molecule has 1 saturated carbocycles. The molecule has 2 fully saturated rings. The first-order valence-corrected chi connectivity index (χ1v) is 6.94. The minimum Gasteiger partial charge on any atom is -0.481 e. The SMILES string of the molecule is CC(C)(C)OC(=O)N1CCC2(CC[C@H]2C(=O)O)CC1. The Bertz CT molecular complexity index is 377. The van der Waals surface area contributed by atoms with E-state index in [0.29, 0.717) is 13.1 Å². The van der Waals surface area contributed by atoms with Gasteiger partial charge in [0.25, 0.3) is 0 Å². The molecule has 2 aliphatic rings. The van der Waals surface area contributed by atoms with Gasteiger partial charge in [-0.2, -0.15) is 0 Å². The number of aliphatic carboxylic acids is 1. The first-order chi connectivity index (χ1) is 8.73. The lowest BCUT2D eigenvalue weighted by atomic mass is 9.55. The quantitative estimate of drug-likeness (QED) is 0.794. The van der Waals surface area contributed by atoms with Crippen molar-refractivity contribution in [2.75, 3.05) is 13.1 Å². The maximum Gasteiger partial charge on any atom is 0.410 e. The molecule has 5 heteroatoms. The molecule has 0 radical (unpaired) electrons. The molecule has 0 unspecified atom stereocenters. The molecule has 0 aromatic carbocycles. The standard InChI is InChI=1S/C14H23NO4/c1-13(2,3)19-12(18)15-8-6-14(7-9-15)5-4-10(14)11(16)17/h10H,4-9H2,1-3H3,(H,16,17)/t10-/m0/s1. The van der Waals surface area contributed by atoms with E-state index in [0.717, 1.165) is 25.7 Å². The molecule has 1 atom stereocenters. The van der Waals surface area contributed by atoms with Crippen molar-refractivity contribution in [3.63, 3.8) is 0 Å². The maximum absolute atomic E-state index is 11.9. The van der Waals surface area contributed by atoms with E-state index in [1.54, 1.807) is 4.90 Å². The van der Waals surface area contributed by atoms with Crippen LogP contribution in [-0.4, -0.2) is 40.8 Å². The van der Waals surface area contributed by atoms with Crippen molar-refractivity contribution in [2.24, 2.45) is 11.3 Å². The van der Waals surface area contributed by atoms with Gasteiger partial charge >= 0.3 is 12.1 Å². The van der Waals surface area contributed by atoms with Crippen LogP contribution in [0.15, 0.2) is 0 Å². The highest BCUT2D eigenvalue weighted by atomic mass is 16.6. The van der Waals surface area contributed by atoms with Gasteiger partial charge in [0.1, 0.15) is 5.60 Å². The zero-order valence-electron chi connectivity index (χ0n) is 11.9. The van der Waals surface area contributed by atoms with Gasteiger partial charge in [-0.3, -0.25) is 4.79 Å². The Morgan fingerprint density at radius 2 is 1.79 bits per heavy atom. The second-order valence-electron chi connectivity index (χ2n) is 6.76. The van der Waals surface area contributed by atoms with E-state index in [1.165, 1.54) is 0 Å². The molecule has 1 aliphatic carbocycles. The molecular formula is C14H23NO4. The van der Waals surface area contributed by atoms with Gasteiger partial charge in [0.15, 0.2) is 0 Å². The van der Waals surface area contributed by atoms with Gasteiger partial charge in [-0.1, -0.05) is 0 Å². The Hall–Kier alpha value is -1.26. The molecule has 0 aromatic rings. The van der Waals surface area contributed by atoms with E-state index in [-0.39, 0.29) is 17.4 Å². The summed E-state index contributed by atoms with van der Waals surface area (Å²) in [5.41, 5.74) is -0.545. The molecule has 1 spiro atoms. The number of carbonyl (C=O) groups is 2. The molecule has 19 heavy (non-hydrogen) atoms. The van der Waals surface area contributed by atoms with Crippen LogP contribution in [0.25, 0.3) is 0 Å². The number of hydrogen-bond donors (Lipinski definition) is 1. The van der Waals surface area contributed by atoms with Gasteiger partial charge < -0.3 is 14.7 Å². The van der Waals surface area contributed by atoms with Crippen molar-refractivity contribution in [1.82, 2.24) is 4.90 Å². The molecule has 1 aliphatic heterocycles. The largest absolute Gasteiger partial charge is 0.481 e. The van der Waals surface area contributed by atoms with Gasteiger partial charge in [0.2, 0.25) is 0 Å². The second-order valence-corrected chi connectivity index (χ2v) is 6.76. The van der Waals surface area contributed by atoms with Gasteiger partial charge in [-0.25, -0.2) is 4.79 Å². The fraction of sp³-hybridized carbons (Fsp3) is 0.857. The predicted octanol–water partition coefficient (Wildman–Crippen LogP) is 2.50. The summed E-state index contributed by atoms with van der Waals surface area (Å²) in [6, 6.07) is 0. The number of carboxylic acid groups (broad SMARTS) is 1. The minimum absolute atomic E-state index is 0.0651. The highest BCUT2D eigenvalue weighted by Gasteiger charge is 2.52. The van der Waals surface area contributed by atoms with Crippen LogP contribution in [0.5, 0.6) is 0 Å². The normalized spacial score (nSPS) is 25.8. The zero-order valence-corrected chi connectivity index (χ0v) is 11.9. The smallest absolute Gasteiger partial charge is 0.410 e. The summed E-state index contributed by atoms with van der Waals surface area (Å²) >= 11 is 0. The van der Waals surface area contributed by atoms with Gasteiger partial charge in [0.05, 0.1) is 5.92 Å². The molecule has 0 aromatic heterocycles. The molecule has 5 nitrogen and oxygen atoms in total. The van der Waals surface area contributed by atoms with Crippen molar-refractivity contribution in [3.8, 4) is 0 Å². The van der Waals surface area contributed by atoms with Crippen LogP contribution in [0.1, 0.15) is 46.5 Å². The molecule has 1 heterocycles. The molecule has 1 N–H and O–H groups in total. The first-order valence-electron chi connectivity index (χ1n) is 6.94. The summed E-state index contributed by atoms with van der Waals surface area (Å²) in [7, 11) is 0. The van der Waals surface area contributed by atoms with Crippen molar-refractivity contribution < 1.29 is 19.4 Å². The predicted molar refractivity (Wildman–Crippen MR) is 69.8 cm³/mol. The van der Waals surface area contributed by atoms with E-state index in [2.05, 4.69) is 0 Å². The average Bonchev–Trinajstić information content (AvgIpc) is 2.24. The summed E-state index contributed by atoms with van der Waals surface area (Å²) in [6.07, 6.45) is 3.04. The fourth-order valence-electron chi connectivity index (χ4n) is 3.14. The number of rotatable bonds is 1. The van der Waals surface area contributed by atoms with Crippen molar-refractivity contribution in [1.29, 1.82) is 0 Å². The van der Waals surface area contributed by atoms with Gasteiger partial charge in [0, 0.05) is 13.1 Å². The Morgan fingerprint density at radius 3 is 2.16 bits per heavy atom. The molecule has 2 rings (SSSR count). The molecule has 108 valence electrons. The Kier molecular flexibility index (Phi) is 3.49. The monoisotopic (exact) mass is 269 g/mol.